The summed E-state index contributed by atoms with van der Waals surface area (Å²) in [7, 11) is 1.88. The number of carbonyl (C=O) groups is 1. The van der Waals surface area contributed by atoms with Crippen molar-refractivity contribution in [2.45, 2.75) is 33.1 Å². The van der Waals surface area contributed by atoms with E-state index in [9.17, 15) is 4.79 Å². The van der Waals surface area contributed by atoms with Gasteiger partial charge in [0, 0.05) is 13.6 Å². The zero-order chi connectivity index (χ0) is 13.1. The highest BCUT2D eigenvalue weighted by Crippen LogP contribution is 2.25. The van der Waals surface area contributed by atoms with Gasteiger partial charge in [0.2, 0.25) is 5.91 Å². The second kappa shape index (κ2) is 5.35. The number of nitrogens with zero attached hydrogens (tertiary/aromatic N) is 1. The van der Waals surface area contributed by atoms with Crippen LogP contribution >= 0.6 is 0 Å². The number of carbonyl (C=O) groups excluding carboxylic acids is 1. The van der Waals surface area contributed by atoms with Crippen LogP contribution in [0.15, 0.2) is 30.3 Å². The van der Waals surface area contributed by atoms with Gasteiger partial charge in [-0.25, -0.2) is 0 Å². The summed E-state index contributed by atoms with van der Waals surface area (Å²) in [6, 6.07) is 9.96. The van der Waals surface area contributed by atoms with E-state index in [1.165, 1.54) is 0 Å². The molecule has 0 fully saturated rings. The maximum atomic E-state index is 12.4. The van der Waals surface area contributed by atoms with E-state index in [4.69, 9.17) is 0 Å². The number of benzene rings is 1. The zero-order valence-electron chi connectivity index (χ0n) is 11.5. The molecule has 0 unspecified atom stereocenters. The fourth-order valence-electron chi connectivity index (χ4n) is 2.09. The van der Waals surface area contributed by atoms with Gasteiger partial charge in [0.25, 0.3) is 0 Å². The smallest absolute Gasteiger partial charge is 0.232 e. The summed E-state index contributed by atoms with van der Waals surface area (Å²) in [5.74, 6) is 0.674. The van der Waals surface area contributed by atoms with Gasteiger partial charge in [-0.1, -0.05) is 44.2 Å². The Morgan fingerprint density at radius 1 is 1.24 bits per heavy atom. The molecule has 0 aliphatic carbocycles. The van der Waals surface area contributed by atoms with E-state index < -0.39 is 5.41 Å². The summed E-state index contributed by atoms with van der Waals surface area (Å²) in [5.41, 5.74) is 0.617. The van der Waals surface area contributed by atoms with Gasteiger partial charge < -0.3 is 4.90 Å². The van der Waals surface area contributed by atoms with E-state index in [-0.39, 0.29) is 5.91 Å². The van der Waals surface area contributed by atoms with E-state index in [1.807, 2.05) is 56.1 Å². The van der Waals surface area contributed by atoms with Crippen LogP contribution in [-0.2, 0) is 10.2 Å². The molecule has 1 amide bonds. The van der Waals surface area contributed by atoms with Crippen molar-refractivity contribution in [2.75, 3.05) is 13.6 Å². The Bertz CT molecular complexity index is 368. The molecule has 0 aliphatic rings. The second-order valence-electron chi connectivity index (χ2n) is 5.57. The zero-order valence-corrected chi connectivity index (χ0v) is 11.5. The highest BCUT2D eigenvalue weighted by atomic mass is 16.2. The lowest BCUT2D eigenvalue weighted by molar-refractivity contribution is -0.135. The molecule has 17 heavy (non-hydrogen) atoms. The molecule has 0 atom stereocenters. The van der Waals surface area contributed by atoms with Crippen LogP contribution in [0.1, 0.15) is 33.3 Å². The predicted octanol–water partition coefficient (Wildman–Crippen LogP) is 3.08. The van der Waals surface area contributed by atoms with Crippen molar-refractivity contribution in [1.82, 2.24) is 4.90 Å². The highest BCUT2D eigenvalue weighted by molar-refractivity contribution is 5.87. The molecule has 0 aromatic heterocycles. The van der Waals surface area contributed by atoms with Gasteiger partial charge in [-0.15, -0.1) is 0 Å². The van der Waals surface area contributed by atoms with E-state index in [2.05, 4.69) is 13.8 Å². The summed E-state index contributed by atoms with van der Waals surface area (Å²) in [4.78, 5) is 14.3. The number of hydrogen-bond acceptors (Lipinski definition) is 1. The Hall–Kier alpha value is -1.31. The largest absolute Gasteiger partial charge is 0.345 e. The first kappa shape index (κ1) is 13.8. The van der Waals surface area contributed by atoms with Crippen molar-refractivity contribution in [1.29, 1.82) is 0 Å². The second-order valence-corrected chi connectivity index (χ2v) is 5.57. The van der Waals surface area contributed by atoms with Gasteiger partial charge in [0.05, 0.1) is 5.41 Å². The van der Waals surface area contributed by atoms with Crippen molar-refractivity contribution < 1.29 is 4.79 Å². The van der Waals surface area contributed by atoms with Gasteiger partial charge in [-0.05, 0) is 25.3 Å². The number of amides is 1. The lowest BCUT2D eigenvalue weighted by Crippen LogP contribution is -2.42. The Morgan fingerprint density at radius 3 is 2.24 bits per heavy atom. The Morgan fingerprint density at radius 2 is 1.76 bits per heavy atom. The first-order valence-electron chi connectivity index (χ1n) is 6.16. The minimum absolute atomic E-state index is 0.178. The molecule has 0 saturated heterocycles. The monoisotopic (exact) mass is 233 g/mol. The number of rotatable bonds is 4. The van der Waals surface area contributed by atoms with E-state index in [0.29, 0.717) is 5.92 Å². The van der Waals surface area contributed by atoms with Crippen LogP contribution in [0.2, 0.25) is 0 Å². The third-order valence-corrected chi connectivity index (χ3v) is 3.02. The predicted molar refractivity (Wildman–Crippen MR) is 71.9 cm³/mol. The third-order valence-electron chi connectivity index (χ3n) is 3.02. The minimum Gasteiger partial charge on any atom is -0.345 e. The van der Waals surface area contributed by atoms with Crippen LogP contribution in [0.4, 0.5) is 0 Å². The molecule has 0 radical (unpaired) electrons. The molecule has 0 bridgehead atoms. The standard InChI is InChI=1S/C15H23NO/c1-12(2)11-16(5)14(17)15(3,4)13-9-7-6-8-10-13/h6-10,12H,11H2,1-5H3. The van der Waals surface area contributed by atoms with Crippen LogP contribution in [0.25, 0.3) is 0 Å². The summed E-state index contributed by atoms with van der Waals surface area (Å²) < 4.78 is 0. The normalized spacial score (nSPS) is 11.6. The van der Waals surface area contributed by atoms with E-state index in [0.717, 1.165) is 12.1 Å². The summed E-state index contributed by atoms with van der Waals surface area (Å²) in [6.07, 6.45) is 0. The maximum Gasteiger partial charge on any atom is 0.232 e. The van der Waals surface area contributed by atoms with E-state index in [1.54, 1.807) is 0 Å². The van der Waals surface area contributed by atoms with Crippen molar-refractivity contribution >= 4 is 5.91 Å². The van der Waals surface area contributed by atoms with Crippen molar-refractivity contribution in [3.05, 3.63) is 35.9 Å². The molecule has 0 spiro atoms. The molecule has 0 saturated carbocycles. The van der Waals surface area contributed by atoms with Gasteiger partial charge in [-0.2, -0.15) is 0 Å². The van der Waals surface area contributed by atoms with Crippen LogP contribution in [0.3, 0.4) is 0 Å². The minimum atomic E-state index is -0.453. The molecule has 1 aromatic carbocycles. The lowest BCUT2D eigenvalue weighted by atomic mass is 9.83. The summed E-state index contributed by atoms with van der Waals surface area (Å²) in [6.45, 7) is 9.02. The Labute approximate surface area is 105 Å². The maximum absolute atomic E-state index is 12.4. The van der Waals surface area contributed by atoms with Crippen LogP contribution in [0.5, 0.6) is 0 Å². The van der Waals surface area contributed by atoms with Gasteiger partial charge in [-0.3, -0.25) is 4.79 Å². The van der Waals surface area contributed by atoms with Crippen LogP contribution in [-0.4, -0.2) is 24.4 Å². The van der Waals surface area contributed by atoms with E-state index >= 15 is 0 Å². The Kier molecular flexibility index (Phi) is 4.33. The molecule has 1 rings (SSSR count). The molecule has 0 aliphatic heterocycles. The van der Waals surface area contributed by atoms with Crippen molar-refractivity contribution in [3.63, 3.8) is 0 Å². The molecular weight excluding hydrogens is 210 g/mol. The van der Waals surface area contributed by atoms with Gasteiger partial charge >= 0.3 is 0 Å². The quantitative estimate of drug-likeness (QED) is 0.782. The lowest BCUT2D eigenvalue weighted by Gasteiger charge is -2.30. The molecule has 0 N–H and O–H groups in total. The highest BCUT2D eigenvalue weighted by Gasteiger charge is 2.32. The van der Waals surface area contributed by atoms with Crippen LogP contribution < -0.4 is 0 Å². The van der Waals surface area contributed by atoms with Crippen LogP contribution in [0, 0.1) is 5.92 Å². The third kappa shape index (κ3) is 3.32. The number of hydrogen-bond donors (Lipinski definition) is 0. The topological polar surface area (TPSA) is 20.3 Å². The molecule has 2 heteroatoms. The van der Waals surface area contributed by atoms with Crippen molar-refractivity contribution in [2.24, 2.45) is 5.92 Å². The SMILES string of the molecule is CC(C)CN(C)C(=O)C(C)(C)c1ccccc1. The first-order valence-corrected chi connectivity index (χ1v) is 6.16. The Balaban J connectivity index is 2.87. The fraction of sp³-hybridized carbons (Fsp3) is 0.533. The fourth-order valence-corrected chi connectivity index (χ4v) is 2.09. The summed E-state index contributed by atoms with van der Waals surface area (Å²) in [5, 5.41) is 0. The van der Waals surface area contributed by atoms with Gasteiger partial charge in [0.15, 0.2) is 0 Å². The average Bonchev–Trinajstić information content (AvgIpc) is 2.28. The molecule has 0 heterocycles. The van der Waals surface area contributed by atoms with Crippen molar-refractivity contribution in [3.8, 4) is 0 Å². The van der Waals surface area contributed by atoms with Gasteiger partial charge in [0.1, 0.15) is 0 Å². The molecule has 94 valence electrons. The average molecular weight is 233 g/mol. The molecular formula is C15H23NO. The first-order chi connectivity index (χ1) is 7.85. The number of likely N-dealkylation sites (N-methyl/N-ethyl adjacent to an activating group) is 1. The summed E-state index contributed by atoms with van der Waals surface area (Å²) >= 11 is 0. The molecule has 1 aromatic rings. The molecule has 2 nitrogen and oxygen atoms in total.